The van der Waals surface area contributed by atoms with E-state index in [1.165, 1.54) is 11.3 Å². The molecular formula is C30H41N9O4S. The maximum absolute atomic E-state index is 13.2. The molecule has 0 saturated carbocycles. The number of nitrogens with zero attached hydrogens (tertiary/aromatic N) is 7. The Morgan fingerprint density at radius 3 is 2.43 bits per heavy atom. The maximum Gasteiger partial charge on any atom is 0.410 e. The Balaban J connectivity index is 1.35. The van der Waals surface area contributed by atoms with Gasteiger partial charge in [-0.3, -0.25) is 0 Å². The highest BCUT2D eigenvalue weighted by molar-refractivity contribution is 7.16. The van der Waals surface area contributed by atoms with Crippen molar-refractivity contribution in [1.29, 1.82) is 5.26 Å². The molecule has 0 radical (unpaired) electrons. The molecule has 236 valence electrons. The van der Waals surface area contributed by atoms with Crippen molar-refractivity contribution in [2.24, 2.45) is 10.9 Å². The quantitative estimate of drug-likeness (QED) is 0.218. The van der Waals surface area contributed by atoms with E-state index in [-0.39, 0.29) is 11.9 Å². The number of fused-ring (bicyclic) bond motifs is 1. The molecule has 14 heteroatoms. The number of amides is 1. The lowest BCUT2D eigenvalue weighted by Gasteiger charge is -2.38. The van der Waals surface area contributed by atoms with Crippen LogP contribution in [0, 0.1) is 11.3 Å². The molecular weight excluding hydrogens is 582 g/mol. The number of carbonyl (C=O) groups excluding carboxylic acids is 2. The molecule has 1 aliphatic carbocycles. The van der Waals surface area contributed by atoms with Crippen molar-refractivity contribution in [3.63, 3.8) is 0 Å². The number of hydrogen-bond donors (Lipinski definition) is 2. The second kappa shape index (κ2) is 12.9. The molecule has 3 aliphatic rings. The molecule has 0 spiro atoms. The Morgan fingerprint density at radius 1 is 1.09 bits per heavy atom. The summed E-state index contributed by atoms with van der Waals surface area (Å²) in [5.41, 5.74) is 14.2. The van der Waals surface area contributed by atoms with Crippen molar-refractivity contribution in [2.75, 3.05) is 74.9 Å². The van der Waals surface area contributed by atoms with Crippen LogP contribution < -0.4 is 21.3 Å². The smallest absolute Gasteiger partial charge is 0.410 e. The molecule has 0 aromatic carbocycles. The molecule has 1 unspecified atom stereocenters. The van der Waals surface area contributed by atoms with Crippen LogP contribution in [-0.2, 0) is 20.8 Å². The number of aryl methyl sites for hydroxylation is 1. The highest BCUT2D eigenvalue weighted by Gasteiger charge is 2.34. The summed E-state index contributed by atoms with van der Waals surface area (Å²) in [6.45, 7) is 11.2. The lowest BCUT2D eigenvalue weighted by molar-refractivity contribution is -0.145. The number of nitrogen functional groups attached to an aromatic ring is 1. The van der Waals surface area contributed by atoms with Crippen LogP contribution in [0.25, 0.3) is 0 Å². The van der Waals surface area contributed by atoms with E-state index in [1.807, 2.05) is 32.9 Å². The van der Waals surface area contributed by atoms with Crippen LogP contribution in [0.15, 0.2) is 17.3 Å². The van der Waals surface area contributed by atoms with E-state index in [1.54, 1.807) is 4.90 Å². The monoisotopic (exact) mass is 623 g/mol. The fraction of sp³-hybridized carbons (Fsp3) is 0.567. The van der Waals surface area contributed by atoms with Crippen molar-refractivity contribution in [3.8, 4) is 6.07 Å². The minimum atomic E-state index is -0.625. The van der Waals surface area contributed by atoms with Gasteiger partial charge in [-0.15, -0.1) is 11.3 Å². The minimum Gasteiger partial charge on any atom is -0.444 e. The van der Waals surface area contributed by atoms with Gasteiger partial charge in [-0.05, 0) is 53.1 Å². The molecule has 2 saturated heterocycles. The Bertz CT molecular complexity index is 1460. The molecule has 2 aromatic heterocycles. The summed E-state index contributed by atoms with van der Waals surface area (Å²) in [6, 6.07) is 6.01. The number of nitriles is 1. The third-order valence-corrected chi connectivity index (χ3v) is 9.20. The van der Waals surface area contributed by atoms with Crippen LogP contribution in [0.1, 0.15) is 61.2 Å². The summed E-state index contributed by atoms with van der Waals surface area (Å²) in [5, 5.41) is 14.1. The van der Waals surface area contributed by atoms with E-state index in [2.05, 4.69) is 33.0 Å². The van der Waals surface area contributed by atoms with Crippen LogP contribution in [0.4, 0.5) is 21.3 Å². The number of piperazine rings is 2. The van der Waals surface area contributed by atoms with Gasteiger partial charge in [0.2, 0.25) is 0 Å². The number of nitrogens with two attached hydrogens (primary N) is 2. The van der Waals surface area contributed by atoms with Crippen LogP contribution in [0.3, 0.4) is 0 Å². The number of amidine groups is 1. The lowest BCUT2D eigenvalue weighted by atomic mass is 9.85. The summed E-state index contributed by atoms with van der Waals surface area (Å²) in [6.07, 6.45) is 1.79. The molecule has 13 nitrogen and oxygen atoms in total. The molecule has 44 heavy (non-hydrogen) atoms. The van der Waals surface area contributed by atoms with E-state index in [0.29, 0.717) is 54.4 Å². The number of aromatic nitrogens is 1. The molecule has 2 aliphatic heterocycles. The first-order valence-electron chi connectivity index (χ1n) is 15.0. The number of anilines is 3. The third-order valence-electron chi connectivity index (χ3n) is 8.11. The summed E-state index contributed by atoms with van der Waals surface area (Å²) in [5.74, 6) is -0.463. The van der Waals surface area contributed by atoms with Gasteiger partial charge in [0.15, 0.2) is 5.84 Å². The zero-order valence-electron chi connectivity index (χ0n) is 25.8. The van der Waals surface area contributed by atoms with Crippen molar-refractivity contribution >= 4 is 45.7 Å². The molecule has 4 N–H and O–H groups in total. The summed E-state index contributed by atoms with van der Waals surface area (Å²) < 4.78 is 5.55. The predicted octanol–water partition coefficient (Wildman–Crippen LogP) is 2.69. The zero-order valence-corrected chi connectivity index (χ0v) is 26.7. The number of thiophene rings is 1. The Morgan fingerprint density at radius 2 is 1.77 bits per heavy atom. The van der Waals surface area contributed by atoms with Crippen LogP contribution in [0.5, 0.6) is 0 Å². The first-order chi connectivity index (χ1) is 20.9. The number of likely N-dealkylation sites (N-methyl/N-ethyl adjacent to an activating group) is 1. The van der Waals surface area contributed by atoms with Crippen molar-refractivity contribution in [3.05, 3.63) is 33.8 Å². The third kappa shape index (κ3) is 7.00. The van der Waals surface area contributed by atoms with Crippen LogP contribution in [0.2, 0.25) is 0 Å². The first-order valence-corrected chi connectivity index (χ1v) is 15.8. The van der Waals surface area contributed by atoms with E-state index < -0.39 is 17.5 Å². The van der Waals surface area contributed by atoms with Crippen molar-refractivity contribution < 1.29 is 19.2 Å². The van der Waals surface area contributed by atoms with E-state index in [4.69, 9.17) is 26.0 Å². The van der Waals surface area contributed by atoms with Crippen LogP contribution in [-0.4, -0.2) is 97.7 Å². The normalized spacial score (nSPS) is 19.8. The summed E-state index contributed by atoms with van der Waals surface area (Å²) in [7, 11) is 2.09. The topological polar surface area (TPSA) is 167 Å². The van der Waals surface area contributed by atoms with Gasteiger partial charge in [0, 0.05) is 74.6 Å². The van der Waals surface area contributed by atoms with Crippen molar-refractivity contribution in [2.45, 2.75) is 51.6 Å². The summed E-state index contributed by atoms with van der Waals surface area (Å²) in [4.78, 5) is 45.3. The average molecular weight is 624 g/mol. The Hall–Kier alpha value is -4.09. The van der Waals surface area contributed by atoms with Gasteiger partial charge in [-0.25, -0.2) is 14.6 Å². The fourth-order valence-electron chi connectivity index (χ4n) is 5.72. The highest BCUT2D eigenvalue weighted by Crippen LogP contribution is 2.42. The number of rotatable bonds is 5. The second-order valence-electron chi connectivity index (χ2n) is 12.4. The molecule has 2 fully saturated rings. The van der Waals surface area contributed by atoms with Gasteiger partial charge in [0.1, 0.15) is 28.2 Å². The van der Waals surface area contributed by atoms with Gasteiger partial charge in [-0.1, -0.05) is 5.16 Å². The average Bonchev–Trinajstić information content (AvgIpc) is 3.33. The second-order valence-corrected chi connectivity index (χ2v) is 13.6. The molecule has 0 bridgehead atoms. The number of pyridine rings is 1. The summed E-state index contributed by atoms with van der Waals surface area (Å²) >= 11 is 1.35. The van der Waals surface area contributed by atoms with Crippen LogP contribution >= 0.6 is 11.3 Å². The van der Waals surface area contributed by atoms with E-state index in [9.17, 15) is 14.9 Å². The maximum atomic E-state index is 13.2. The first kappa shape index (κ1) is 31.3. The van der Waals surface area contributed by atoms with Gasteiger partial charge in [0.05, 0.1) is 11.5 Å². The molecule has 2 aromatic rings. The fourth-order valence-corrected chi connectivity index (χ4v) is 6.84. The van der Waals surface area contributed by atoms with Gasteiger partial charge in [0.25, 0.3) is 0 Å². The zero-order chi connectivity index (χ0) is 31.6. The standard InChI is InChI=1S/C30H41N9O4S/c1-30(2,3)42-29(41)39-14-12-37(13-15-39)19-16-22(34-24(17-19)38-10-8-36(4)9-11-38)26(32)35-43-28(40)20-6-5-7-23-25(20)21(18-31)27(33)44-23/h16-17,20H,5-15,33H2,1-4H3,(H2,32,35). The van der Waals surface area contributed by atoms with E-state index in [0.717, 1.165) is 55.4 Å². The number of hydrogen-bond acceptors (Lipinski definition) is 12. The Kier molecular flexibility index (Phi) is 9.17. The SMILES string of the molecule is CN1CCN(c2cc(N3CCN(C(=O)OC(C)(C)C)CC3)cc(/C(N)=N/OC(=O)C3CCCc4sc(N)c(C#N)c43)n2)CC1. The number of ether oxygens (including phenoxy) is 1. The molecule has 1 atom stereocenters. The molecule has 5 rings (SSSR count). The lowest BCUT2D eigenvalue weighted by Crippen LogP contribution is -2.50. The van der Waals surface area contributed by atoms with Gasteiger partial charge >= 0.3 is 12.1 Å². The minimum absolute atomic E-state index is 0.0238. The van der Waals surface area contributed by atoms with E-state index >= 15 is 0 Å². The largest absolute Gasteiger partial charge is 0.444 e. The Labute approximate surface area is 262 Å². The predicted molar refractivity (Wildman–Crippen MR) is 170 cm³/mol. The molecule has 1 amide bonds. The molecule has 4 heterocycles. The van der Waals surface area contributed by atoms with Crippen molar-refractivity contribution in [1.82, 2.24) is 14.8 Å². The number of oxime groups is 1. The number of carbonyl (C=O) groups is 2. The van der Waals surface area contributed by atoms with Gasteiger partial charge < -0.3 is 40.6 Å². The van der Waals surface area contributed by atoms with Gasteiger partial charge in [-0.2, -0.15) is 5.26 Å². The highest BCUT2D eigenvalue weighted by atomic mass is 32.1.